The third kappa shape index (κ3) is 3.98. The zero-order chi connectivity index (χ0) is 23.9. The number of hydrogen-bond donors (Lipinski definition) is 2. The smallest absolute Gasteiger partial charge is 0.222 e. The van der Waals surface area contributed by atoms with Crippen LogP contribution in [0.15, 0.2) is 42.5 Å². The van der Waals surface area contributed by atoms with Crippen LogP contribution >= 0.6 is 11.6 Å². The average molecular weight is 482 g/mol. The van der Waals surface area contributed by atoms with Gasteiger partial charge in [0.2, 0.25) is 5.91 Å². The highest BCUT2D eigenvalue weighted by atomic mass is 35.5. The molecule has 3 aromatic rings. The topological polar surface area (TPSA) is 68.8 Å². The molecule has 34 heavy (non-hydrogen) atoms. The molecule has 2 aliphatic heterocycles. The second-order valence-corrected chi connectivity index (χ2v) is 10.0. The van der Waals surface area contributed by atoms with Crippen LogP contribution in [0, 0.1) is 0 Å². The van der Waals surface area contributed by atoms with Crippen molar-refractivity contribution in [2.24, 2.45) is 0 Å². The normalized spacial score (nSPS) is 20.0. The zero-order valence-electron chi connectivity index (χ0n) is 19.8. The van der Waals surface area contributed by atoms with Gasteiger partial charge in [0.1, 0.15) is 5.75 Å². The van der Waals surface area contributed by atoms with E-state index in [2.05, 4.69) is 28.1 Å². The van der Waals surface area contributed by atoms with Crippen LogP contribution in [0.25, 0.3) is 10.9 Å². The highest BCUT2D eigenvalue weighted by molar-refractivity contribution is 6.30. The molecule has 2 aromatic carbocycles. The minimum absolute atomic E-state index is 0.0288. The van der Waals surface area contributed by atoms with Gasteiger partial charge in [-0.1, -0.05) is 30.7 Å². The van der Waals surface area contributed by atoms with Gasteiger partial charge in [-0.3, -0.25) is 9.69 Å². The molecule has 0 saturated carbocycles. The van der Waals surface area contributed by atoms with E-state index in [0.717, 1.165) is 66.6 Å². The van der Waals surface area contributed by atoms with Crippen molar-refractivity contribution in [3.8, 4) is 5.75 Å². The molecule has 2 aliphatic rings. The van der Waals surface area contributed by atoms with E-state index in [9.17, 15) is 9.90 Å². The van der Waals surface area contributed by atoms with E-state index in [1.54, 1.807) is 7.11 Å². The number of fused-ring (bicyclic) bond motifs is 4. The Bertz CT molecular complexity index is 1180. The first-order chi connectivity index (χ1) is 16.5. The van der Waals surface area contributed by atoms with E-state index in [1.165, 1.54) is 10.9 Å². The number of benzene rings is 2. The molecule has 2 N–H and O–H groups in total. The first kappa shape index (κ1) is 23.2. The summed E-state index contributed by atoms with van der Waals surface area (Å²) < 4.78 is 5.47. The van der Waals surface area contributed by atoms with Gasteiger partial charge in [-0.15, -0.1) is 0 Å². The number of H-pyrrole nitrogens is 1. The van der Waals surface area contributed by atoms with E-state index in [-0.39, 0.29) is 24.0 Å². The molecular weight excluding hydrogens is 450 g/mol. The largest absolute Gasteiger partial charge is 0.497 e. The second-order valence-electron chi connectivity index (χ2n) is 9.57. The molecule has 1 spiro atoms. The van der Waals surface area contributed by atoms with E-state index in [1.807, 2.05) is 36.1 Å². The number of piperidine rings is 1. The fraction of sp³-hybridized carbons (Fsp3) is 0.444. The number of hydrogen-bond acceptors (Lipinski definition) is 4. The lowest BCUT2D eigenvalue weighted by Gasteiger charge is -2.50. The minimum atomic E-state index is -0.134. The van der Waals surface area contributed by atoms with Gasteiger partial charge in [0.15, 0.2) is 0 Å². The monoisotopic (exact) mass is 481 g/mol. The number of aliphatic hydroxyl groups excluding tert-OH is 1. The highest BCUT2D eigenvalue weighted by Gasteiger charge is 2.47. The average Bonchev–Trinajstić information content (AvgIpc) is 3.25. The van der Waals surface area contributed by atoms with Crippen LogP contribution in [0.3, 0.4) is 0 Å². The van der Waals surface area contributed by atoms with Crippen LogP contribution in [-0.4, -0.2) is 59.1 Å². The molecule has 1 amide bonds. The molecule has 5 rings (SSSR count). The minimum Gasteiger partial charge on any atom is -0.497 e. The summed E-state index contributed by atoms with van der Waals surface area (Å²) >= 11 is 6.11. The molecule has 1 aromatic heterocycles. The van der Waals surface area contributed by atoms with Gasteiger partial charge < -0.3 is 19.7 Å². The number of methoxy groups -OCH3 is 1. The Balaban J connectivity index is 1.59. The Morgan fingerprint density at radius 1 is 1.21 bits per heavy atom. The summed E-state index contributed by atoms with van der Waals surface area (Å²) in [5, 5.41) is 12.4. The molecule has 180 valence electrons. The number of halogens is 1. The van der Waals surface area contributed by atoms with E-state index < -0.39 is 0 Å². The predicted molar refractivity (Wildman–Crippen MR) is 134 cm³/mol. The molecule has 0 radical (unpaired) electrons. The van der Waals surface area contributed by atoms with Crippen LogP contribution in [-0.2, 0) is 16.8 Å². The highest BCUT2D eigenvalue weighted by Crippen LogP contribution is 2.49. The molecule has 1 atom stereocenters. The van der Waals surface area contributed by atoms with Gasteiger partial charge in [0, 0.05) is 65.7 Å². The van der Waals surface area contributed by atoms with Gasteiger partial charge in [0.05, 0.1) is 19.8 Å². The Morgan fingerprint density at radius 2 is 1.94 bits per heavy atom. The number of aromatic nitrogens is 1. The summed E-state index contributed by atoms with van der Waals surface area (Å²) in [5.41, 5.74) is 4.49. The maximum absolute atomic E-state index is 12.4. The predicted octanol–water partition coefficient (Wildman–Crippen LogP) is 4.65. The third-order valence-electron chi connectivity index (χ3n) is 7.69. The van der Waals surface area contributed by atoms with Gasteiger partial charge in [-0.05, 0) is 48.2 Å². The number of aliphatic hydroxyl groups is 1. The van der Waals surface area contributed by atoms with Crippen LogP contribution in [0.4, 0.5) is 0 Å². The molecule has 0 aliphatic carbocycles. The van der Waals surface area contributed by atoms with Gasteiger partial charge in [0.25, 0.3) is 0 Å². The molecule has 7 heteroatoms. The number of amides is 1. The summed E-state index contributed by atoms with van der Waals surface area (Å²) in [4.78, 5) is 20.4. The summed E-state index contributed by atoms with van der Waals surface area (Å²) in [7, 11) is 1.68. The van der Waals surface area contributed by atoms with Crippen LogP contribution in [0.2, 0.25) is 5.02 Å². The van der Waals surface area contributed by atoms with Gasteiger partial charge in [-0.25, -0.2) is 0 Å². The Labute approximate surface area is 205 Å². The number of carbonyl (C=O) groups is 1. The van der Waals surface area contributed by atoms with Crippen molar-refractivity contribution in [3.05, 3.63) is 64.3 Å². The quantitative estimate of drug-likeness (QED) is 0.556. The molecule has 0 unspecified atom stereocenters. The Morgan fingerprint density at radius 3 is 2.59 bits per heavy atom. The lowest BCUT2D eigenvalue weighted by Crippen LogP contribution is -2.54. The Kier molecular flexibility index (Phi) is 6.32. The van der Waals surface area contributed by atoms with E-state index in [4.69, 9.17) is 16.3 Å². The number of carbonyl (C=O) groups excluding carboxylic acids is 1. The lowest BCUT2D eigenvalue weighted by molar-refractivity contribution is -0.132. The summed E-state index contributed by atoms with van der Waals surface area (Å²) in [6.45, 7) is 5.03. The van der Waals surface area contributed by atoms with Gasteiger partial charge in [-0.2, -0.15) is 0 Å². The van der Waals surface area contributed by atoms with Crippen LogP contribution < -0.4 is 4.74 Å². The SMILES string of the molecule is CCC(=O)N1CCC2(CC1)CN(Cc1ccc(Cl)cc1)[C@H](CO)c1[nH]c3cc(OC)ccc3c12. The molecule has 1 saturated heterocycles. The van der Waals surface area contributed by atoms with Crippen molar-refractivity contribution in [1.82, 2.24) is 14.8 Å². The van der Waals surface area contributed by atoms with Crippen molar-refractivity contribution >= 4 is 28.4 Å². The first-order valence-electron chi connectivity index (χ1n) is 12.0. The third-order valence-corrected chi connectivity index (χ3v) is 7.94. The van der Waals surface area contributed by atoms with Crippen molar-refractivity contribution in [1.29, 1.82) is 0 Å². The zero-order valence-corrected chi connectivity index (χ0v) is 20.6. The van der Waals surface area contributed by atoms with Crippen LogP contribution in [0.5, 0.6) is 5.75 Å². The second kappa shape index (κ2) is 9.25. The fourth-order valence-corrected chi connectivity index (χ4v) is 6.05. The first-order valence-corrected chi connectivity index (χ1v) is 12.4. The van der Waals surface area contributed by atoms with Crippen molar-refractivity contribution in [3.63, 3.8) is 0 Å². The number of ether oxygens (including phenoxy) is 1. The number of likely N-dealkylation sites (tertiary alicyclic amines) is 1. The summed E-state index contributed by atoms with van der Waals surface area (Å²) in [6, 6.07) is 14.0. The number of aromatic amines is 1. The molecular formula is C27H32ClN3O3. The maximum Gasteiger partial charge on any atom is 0.222 e. The standard InChI is InChI=1S/C27H32ClN3O3/c1-3-24(33)30-12-10-27(11-13-30)17-31(15-18-4-6-19(28)7-5-18)23(16-32)26-25(27)21-9-8-20(34-2)14-22(21)29-26/h4-9,14,23,29,32H,3,10-13,15-17H2,1-2H3/t23-/m1/s1. The number of nitrogens with zero attached hydrogens (tertiary/aromatic N) is 2. The maximum atomic E-state index is 12.4. The van der Waals surface area contributed by atoms with Crippen molar-refractivity contribution in [2.45, 2.75) is 44.2 Å². The van der Waals surface area contributed by atoms with Crippen LogP contribution in [0.1, 0.15) is 49.0 Å². The number of rotatable bonds is 5. The van der Waals surface area contributed by atoms with E-state index >= 15 is 0 Å². The molecule has 6 nitrogen and oxygen atoms in total. The summed E-state index contributed by atoms with van der Waals surface area (Å²) in [6.07, 6.45) is 2.35. The number of nitrogens with one attached hydrogen (secondary N) is 1. The fourth-order valence-electron chi connectivity index (χ4n) is 5.92. The Hall–Kier alpha value is -2.54. The van der Waals surface area contributed by atoms with Gasteiger partial charge >= 0.3 is 0 Å². The molecule has 0 bridgehead atoms. The molecule has 3 heterocycles. The van der Waals surface area contributed by atoms with E-state index in [0.29, 0.717) is 6.42 Å². The lowest BCUT2D eigenvalue weighted by atomic mass is 9.68. The molecule has 1 fully saturated rings. The summed E-state index contributed by atoms with van der Waals surface area (Å²) in [5.74, 6) is 1.03. The van der Waals surface area contributed by atoms with Crippen molar-refractivity contribution in [2.75, 3.05) is 33.4 Å². The van der Waals surface area contributed by atoms with Crippen molar-refractivity contribution < 1.29 is 14.6 Å².